The Kier molecular flexibility index (Phi) is 2.22. The zero-order valence-electron chi connectivity index (χ0n) is 9.16. The van der Waals surface area contributed by atoms with Crippen LogP contribution in [-0.4, -0.2) is 16.5 Å². The van der Waals surface area contributed by atoms with Gasteiger partial charge in [0.15, 0.2) is 11.6 Å². The zero-order chi connectivity index (χ0) is 11.0. The van der Waals surface area contributed by atoms with Crippen molar-refractivity contribution in [2.24, 2.45) is 0 Å². The van der Waals surface area contributed by atoms with E-state index in [1.165, 1.54) is 5.56 Å². The number of hydrogen-bond donors (Lipinski definition) is 1. The first kappa shape index (κ1) is 9.54. The minimum Gasteiger partial charge on any atom is -0.461 e. The summed E-state index contributed by atoms with van der Waals surface area (Å²) in [4.78, 5) is 9.06. The Balaban J connectivity index is 2.12. The lowest BCUT2D eigenvalue weighted by Gasteiger charge is -2.18. The molecule has 0 amide bonds. The molecule has 0 fully saturated rings. The largest absolute Gasteiger partial charge is 0.461 e. The van der Waals surface area contributed by atoms with E-state index in [9.17, 15) is 0 Å². The molecule has 0 radical (unpaired) electrons. The Morgan fingerprint density at radius 1 is 1.38 bits per heavy atom. The predicted molar refractivity (Wildman–Crippen MR) is 59.9 cm³/mol. The fourth-order valence-corrected chi connectivity index (χ4v) is 2.03. The summed E-state index contributed by atoms with van der Waals surface area (Å²) in [6.07, 6.45) is 2.61. The summed E-state index contributed by atoms with van der Waals surface area (Å²) in [6, 6.07) is 3.75. The summed E-state index contributed by atoms with van der Waals surface area (Å²) in [5.74, 6) is 1.44. The van der Waals surface area contributed by atoms with Crippen LogP contribution in [0.15, 0.2) is 22.8 Å². The van der Waals surface area contributed by atoms with Crippen molar-refractivity contribution < 1.29 is 4.42 Å². The lowest BCUT2D eigenvalue weighted by atomic mass is 10.1. The molecule has 16 heavy (non-hydrogen) atoms. The third-order valence-corrected chi connectivity index (χ3v) is 2.88. The summed E-state index contributed by atoms with van der Waals surface area (Å²) in [7, 11) is 0. The van der Waals surface area contributed by atoms with Crippen LogP contribution in [0.25, 0.3) is 11.6 Å². The van der Waals surface area contributed by atoms with Crippen LogP contribution in [0.5, 0.6) is 0 Å². The highest BCUT2D eigenvalue weighted by Gasteiger charge is 2.16. The number of aryl methyl sites for hydroxylation is 1. The van der Waals surface area contributed by atoms with Crippen molar-refractivity contribution in [1.29, 1.82) is 0 Å². The molecule has 2 aromatic heterocycles. The van der Waals surface area contributed by atoms with Crippen LogP contribution in [0, 0.1) is 6.92 Å². The summed E-state index contributed by atoms with van der Waals surface area (Å²) in [5, 5.41) is 3.33. The molecule has 2 aromatic rings. The molecule has 4 nitrogen and oxygen atoms in total. The number of furan rings is 1. The minimum atomic E-state index is 0.697. The molecule has 0 saturated carbocycles. The molecule has 82 valence electrons. The minimum absolute atomic E-state index is 0.697. The van der Waals surface area contributed by atoms with E-state index in [1.807, 2.05) is 19.1 Å². The van der Waals surface area contributed by atoms with Gasteiger partial charge in [-0.3, -0.25) is 0 Å². The summed E-state index contributed by atoms with van der Waals surface area (Å²) in [6.45, 7) is 3.89. The summed E-state index contributed by atoms with van der Waals surface area (Å²) in [5.41, 5.74) is 3.43. The highest BCUT2D eigenvalue weighted by atomic mass is 16.3. The lowest BCUT2D eigenvalue weighted by Crippen LogP contribution is -2.26. The maximum atomic E-state index is 5.32. The van der Waals surface area contributed by atoms with Crippen LogP contribution in [0.2, 0.25) is 0 Å². The number of rotatable bonds is 1. The van der Waals surface area contributed by atoms with Gasteiger partial charge in [0.25, 0.3) is 0 Å². The van der Waals surface area contributed by atoms with Crippen LogP contribution in [-0.2, 0) is 13.0 Å². The summed E-state index contributed by atoms with van der Waals surface area (Å²) >= 11 is 0. The summed E-state index contributed by atoms with van der Waals surface area (Å²) < 4.78 is 5.32. The van der Waals surface area contributed by atoms with Gasteiger partial charge in [-0.05, 0) is 19.1 Å². The highest BCUT2D eigenvalue weighted by Crippen LogP contribution is 2.21. The smallest absolute Gasteiger partial charge is 0.196 e. The van der Waals surface area contributed by atoms with E-state index in [0.717, 1.165) is 36.7 Å². The SMILES string of the molecule is Cc1nc(-c2ccco2)nc2c1CNCC2. The van der Waals surface area contributed by atoms with Crippen LogP contribution in [0.3, 0.4) is 0 Å². The van der Waals surface area contributed by atoms with Crippen molar-refractivity contribution in [3.8, 4) is 11.6 Å². The average Bonchev–Trinajstić information content (AvgIpc) is 2.82. The van der Waals surface area contributed by atoms with Gasteiger partial charge < -0.3 is 9.73 Å². The van der Waals surface area contributed by atoms with Crippen molar-refractivity contribution in [2.45, 2.75) is 19.9 Å². The second-order valence-corrected chi connectivity index (χ2v) is 3.96. The molecule has 4 heteroatoms. The predicted octanol–water partition coefficient (Wildman–Crippen LogP) is 1.69. The number of aromatic nitrogens is 2. The Labute approximate surface area is 93.7 Å². The van der Waals surface area contributed by atoms with E-state index in [4.69, 9.17) is 4.42 Å². The topological polar surface area (TPSA) is 51.0 Å². The van der Waals surface area contributed by atoms with Crippen LogP contribution < -0.4 is 5.32 Å². The molecule has 0 spiro atoms. The molecule has 1 aliphatic rings. The third-order valence-electron chi connectivity index (χ3n) is 2.88. The second-order valence-electron chi connectivity index (χ2n) is 3.96. The van der Waals surface area contributed by atoms with Gasteiger partial charge in [0, 0.05) is 30.8 Å². The van der Waals surface area contributed by atoms with Gasteiger partial charge in [0.05, 0.1) is 12.0 Å². The van der Waals surface area contributed by atoms with E-state index < -0.39 is 0 Å². The van der Waals surface area contributed by atoms with Gasteiger partial charge in [-0.25, -0.2) is 9.97 Å². The van der Waals surface area contributed by atoms with Crippen molar-refractivity contribution in [1.82, 2.24) is 15.3 Å². The Hall–Kier alpha value is -1.68. The molecule has 0 aliphatic carbocycles. The Morgan fingerprint density at radius 2 is 2.31 bits per heavy atom. The van der Waals surface area contributed by atoms with Crippen molar-refractivity contribution in [2.75, 3.05) is 6.54 Å². The Morgan fingerprint density at radius 3 is 3.12 bits per heavy atom. The molecule has 0 bridgehead atoms. The van der Waals surface area contributed by atoms with Gasteiger partial charge in [-0.2, -0.15) is 0 Å². The quantitative estimate of drug-likeness (QED) is 0.786. The molecular formula is C12H13N3O. The molecule has 1 N–H and O–H groups in total. The second kappa shape index (κ2) is 3.72. The first-order chi connectivity index (χ1) is 7.84. The van der Waals surface area contributed by atoms with Gasteiger partial charge in [-0.1, -0.05) is 0 Å². The van der Waals surface area contributed by atoms with Crippen molar-refractivity contribution in [3.05, 3.63) is 35.3 Å². The first-order valence-electron chi connectivity index (χ1n) is 5.45. The number of hydrogen-bond acceptors (Lipinski definition) is 4. The highest BCUT2D eigenvalue weighted by molar-refractivity contribution is 5.48. The van der Waals surface area contributed by atoms with Gasteiger partial charge in [0.1, 0.15) is 0 Å². The van der Waals surface area contributed by atoms with Crippen molar-refractivity contribution >= 4 is 0 Å². The molecule has 0 aromatic carbocycles. The maximum Gasteiger partial charge on any atom is 0.196 e. The Bertz CT molecular complexity index is 505. The number of fused-ring (bicyclic) bond motifs is 1. The maximum absolute atomic E-state index is 5.32. The molecule has 3 rings (SSSR count). The standard InChI is InChI=1S/C12H13N3O/c1-8-9-7-13-5-4-10(9)15-12(14-8)11-3-2-6-16-11/h2-3,6,13H,4-5,7H2,1H3. The molecule has 1 aliphatic heterocycles. The monoisotopic (exact) mass is 215 g/mol. The molecule has 3 heterocycles. The van der Waals surface area contributed by atoms with E-state index in [1.54, 1.807) is 6.26 Å². The average molecular weight is 215 g/mol. The third kappa shape index (κ3) is 1.51. The van der Waals surface area contributed by atoms with E-state index in [2.05, 4.69) is 15.3 Å². The lowest BCUT2D eigenvalue weighted by molar-refractivity contribution is 0.572. The molecule has 0 saturated heterocycles. The molecule has 0 atom stereocenters. The molecular weight excluding hydrogens is 202 g/mol. The van der Waals surface area contributed by atoms with E-state index >= 15 is 0 Å². The van der Waals surface area contributed by atoms with Crippen LogP contribution in [0.4, 0.5) is 0 Å². The van der Waals surface area contributed by atoms with E-state index in [0.29, 0.717) is 5.82 Å². The fraction of sp³-hybridized carbons (Fsp3) is 0.333. The zero-order valence-corrected chi connectivity index (χ0v) is 9.16. The van der Waals surface area contributed by atoms with Gasteiger partial charge >= 0.3 is 0 Å². The van der Waals surface area contributed by atoms with Crippen molar-refractivity contribution in [3.63, 3.8) is 0 Å². The molecule has 0 unspecified atom stereocenters. The normalized spacial score (nSPS) is 14.8. The van der Waals surface area contributed by atoms with Crippen LogP contribution in [0.1, 0.15) is 17.0 Å². The number of nitrogens with zero attached hydrogens (tertiary/aromatic N) is 2. The van der Waals surface area contributed by atoms with Crippen LogP contribution >= 0.6 is 0 Å². The number of nitrogens with one attached hydrogen (secondary N) is 1. The van der Waals surface area contributed by atoms with E-state index in [-0.39, 0.29) is 0 Å². The fourth-order valence-electron chi connectivity index (χ4n) is 2.03. The van der Waals surface area contributed by atoms with Gasteiger partial charge in [-0.15, -0.1) is 0 Å². The van der Waals surface area contributed by atoms with Gasteiger partial charge in [0.2, 0.25) is 0 Å². The first-order valence-corrected chi connectivity index (χ1v) is 5.45.